The fourth-order valence-corrected chi connectivity index (χ4v) is 2.68. The Balaban J connectivity index is 2.73. The molecule has 1 heterocycles. The highest BCUT2D eigenvalue weighted by atomic mass is 16.4. The number of nitrogens with zero attached hydrogens (tertiary/aromatic N) is 1. The minimum absolute atomic E-state index is 0.0112. The lowest BCUT2D eigenvalue weighted by molar-refractivity contribution is -0.145. The Morgan fingerprint density at radius 1 is 1.25 bits per heavy atom. The SMILES string of the molecule is CC(C)C(NC(=O)C1CCCN1C(=O)C(N)CCC(=O)O)C(=O)O. The third-order valence-electron chi connectivity index (χ3n) is 4.06. The van der Waals surface area contributed by atoms with Gasteiger partial charge in [-0.25, -0.2) is 4.79 Å². The van der Waals surface area contributed by atoms with Crippen molar-refractivity contribution in [3.05, 3.63) is 0 Å². The number of carboxylic acid groups (broad SMARTS) is 2. The summed E-state index contributed by atoms with van der Waals surface area (Å²) in [5.41, 5.74) is 5.73. The highest BCUT2D eigenvalue weighted by Gasteiger charge is 2.37. The molecule has 0 aromatic rings. The zero-order valence-corrected chi connectivity index (χ0v) is 13.9. The lowest BCUT2D eigenvalue weighted by atomic mass is 10.0. The number of amides is 2. The van der Waals surface area contributed by atoms with Crippen molar-refractivity contribution in [2.75, 3.05) is 6.54 Å². The summed E-state index contributed by atoms with van der Waals surface area (Å²) in [5, 5.41) is 20.3. The molecule has 3 unspecified atom stereocenters. The average Bonchev–Trinajstić information content (AvgIpc) is 2.97. The summed E-state index contributed by atoms with van der Waals surface area (Å²) >= 11 is 0. The van der Waals surface area contributed by atoms with Crippen LogP contribution in [0.5, 0.6) is 0 Å². The van der Waals surface area contributed by atoms with Crippen LogP contribution in [-0.2, 0) is 19.2 Å². The Labute approximate surface area is 140 Å². The average molecular weight is 343 g/mol. The molecule has 5 N–H and O–H groups in total. The molecule has 0 bridgehead atoms. The molecule has 0 saturated carbocycles. The van der Waals surface area contributed by atoms with E-state index >= 15 is 0 Å². The van der Waals surface area contributed by atoms with Crippen molar-refractivity contribution in [1.82, 2.24) is 10.2 Å². The van der Waals surface area contributed by atoms with E-state index in [1.54, 1.807) is 13.8 Å². The largest absolute Gasteiger partial charge is 0.481 e. The number of aliphatic carboxylic acids is 2. The number of nitrogens with one attached hydrogen (secondary N) is 1. The van der Waals surface area contributed by atoms with E-state index in [2.05, 4.69) is 5.32 Å². The van der Waals surface area contributed by atoms with Gasteiger partial charge in [0.05, 0.1) is 6.04 Å². The Hall–Kier alpha value is -2.16. The van der Waals surface area contributed by atoms with E-state index in [1.165, 1.54) is 4.90 Å². The van der Waals surface area contributed by atoms with Crippen LogP contribution in [-0.4, -0.2) is 63.5 Å². The second-order valence-corrected chi connectivity index (χ2v) is 6.30. The Kier molecular flexibility index (Phi) is 7.15. The van der Waals surface area contributed by atoms with Crippen molar-refractivity contribution < 1.29 is 29.4 Å². The fraction of sp³-hybridized carbons (Fsp3) is 0.733. The molecule has 1 fully saturated rings. The summed E-state index contributed by atoms with van der Waals surface area (Å²) in [6.07, 6.45) is 0.789. The molecular weight excluding hydrogens is 318 g/mol. The predicted octanol–water partition coefficient (Wildman–Crippen LogP) is -0.605. The first-order valence-corrected chi connectivity index (χ1v) is 7.96. The van der Waals surface area contributed by atoms with Gasteiger partial charge >= 0.3 is 11.9 Å². The van der Waals surface area contributed by atoms with Gasteiger partial charge in [-0.2, -0.15) is 0 Å². The van der Waals surface area contributed by atoms with Gasteiger partial charge in [-0.15, -0.1) is 0 Å². The zero-order valence-electron chi connectivity index (χ0n) is 13.9. The number of carboxylic acids is 2. The Morgan fingerprint density at radius 3 is 2.38 bits per heavy atom. The lowest BCUT2D eigenvalue weighted by Gasteiger charge is -2.28. The van der Waals surface area contributed by atoms with Crippen molar-refractivity contribution in [1.29, 1.82) is 0 Å². The standard InChI is InChI=1S/C15H25N3O6/c1-8(2)12(15(23)24)17-13(21)10-4-3-7-18(10)14(22)9(16)5-6-11(19)20/h8-10,12H,3-7,16H2,1-2H3,(H,17,21)(H,19,20)(H,23,24). The molecule has 0 spiro atoms. The molecular formula is C15H25N3O6. The maximum absolute atomic E-state index is 12.4. The van der Waals surface area contributed by atoms with E-state index in [1.807, 2.05) is 0 Å². The third-order valence-corrected chi connectivity index (χ3v) is 4.06. The summed E-state index contributed by atoms with van der Waals surface area (Å²) in [6.45, 7) is 3.70. The summed E-state index contributed by atoms with van der Waals surface area (Å²) in [6, 6.07) is -2.79. The number of likely N-dealkylation sites (tertiary alicyclic amines) is 1. The first-order valence-electron chi connectivity index (χ1n) is 7.96. The van der Waals surface area contributed by atoms with Gasteiger partial charge in [0.15, 0.2) is 0 Å². The van der Waals surface area contributed by atoms with Gasteiger partial charge in [0.2, 0.25) is 11.8 Å². The molecule has 9 heteroatoms. The van der Waals surface area contributed by atoms with Crippen LogP contribution in [0.3, 0.4) is 0 Å². The van der Waals surface area contributed by atoms with E-state index in [4.69, 9.17) is 15.9 Å². The molecule has 1 saturated heterocycles. The third kappa shape index (κ3) is 5.19. The van der Waals surface area contributed by atoms with Gasteiger partial charge in [0.25, 0.3) is 0 Å². The van der Waals surface area contributed by atoms with Gasteiger partial charge in [0.1, 0.15) is 12.1 Å². The predicted molar refractivity (Wildman–Crippen MR) is 84.0 cm³/mol. The van der Waals surface area contributed by atoms with Gasteiger partial charge in [-0.05, 0) is 25.2 Å². The molecule has 2 amide bonds. The Bertz CT molecular complexity index is 507. The van der Waals surface area contributed by atoms with Crippen LogP contribution < -0.4 is 11.1 Å². The van der Waals surface area contributed by atoms with Gasteiger partial charge in [-0.3, -0.25) is 14.4 Å². The van der Waals surface area contributed by atoms with Gasteiger partial charge < -0.3 is 26.2 Å². The smallest absolute Gasteiger partial charge is 0.326 e. The van der Waals surface area contributed by atoms with Crippen molar-refractivity contribution in [3.8, 4) is 0 Å². The molecule has 0 aromatic carbocycles. The maximum atomic E-state index is 12.4. The molecule has 1 aliphatic heterocycles. The van der Waals surface area contributed by atoms with Gasteiger partial charge in [0, 0.05) is 13.0 Å². The Morgan fingerprint density at radius 2 is 1.88 bits per heavy atom. The molecule has 0 aliphatic carbocycles. The number of hydrogen-bond donors (Lipinski definition) is 4. The highest BCUT2D eigenvalue weighted by molar-refractivity contribution is 5.92. The van der Waals surface area contributed by atoms with E-state index in [0.29, 0.717) is 19.4 Å². The van der Waals surface area contributed by atoms with Crippen molar-refractivity contribution in [3.63, 3.8) is 0 Å². The summed E-state index contributed by atoms with van der Waals surface area (Å²) < 4.78 is 0. The molecule has 24 heavy (non-hydrogen) atoms. The molecule has 136 valence electrons. The summed E-state index contributed by atoms with van der Waals surface area (Å²) in [4.78, 5) is 47.8. The number of carbonyl (C=O) groups excluding carboxylic acids is 2. The van der Waals surface area contributed by atoms with E-state index < -0.39 is 41.9 Å². The normalized spacial score (nSPS) is 19.8. The quantitative estimate of drug-likeness (QED) is 0.459. The molecule has 1 rings (SSSR count). The minimum atomic E-state index is -1.13. The topological polar surface area (TPSA) is 150 Å². The second-order valence-electron chi connectivity index (χ2n) is 6.30. The number of nitrogens with two attached hydrogens (primary N) is 1. The monoisotopic (exact) mass is 343 g/mol. The van der Waals surface area contributed by atoms with Crippen LogP contribution >= 0.6 is 0 Å². The highest BCUT2D eigenvalue weighted by Crippen LogP contribution is 2.19. The van der Waals surface area contributed by atoms with Crippen LogP contribution in [0.15, 0.2) is 0 Å². The first-order chi connectivity index (χ1) is 11.1. The van der Waals surface area contributed by atoms with Crippen LogP contribution in [0, 0.1) is 5.92 Å². The lowest BCUT2D eigenvalue weighted by Crippen LogP contribution is -2.54. The zero-order chi connectivity index (χ0) is 18.4. The van der Waals surface area contributed by atoms with E-state index in [-0.39, 0.29) is 18.8 Å². The van der Waals surface area contributed by atoms with Crippen LogP contribution in [0.25, 0.3) is 0 Å². The minimum Gasteiger partial charge on any atom is -0.481 e. The first kappa shape index (κ1) is 19.9. The van der Waals surface area contributed by atoms with Crippen LogP contribution in [0.2, 0.25) is 0 Å². The van der Waals surface area contributed by atoms with Crippen molar-refractivity contribution in [2.45, 2.75) is 57.7 Å². The molecule has 1 aliphatic rings. The van der Waals surface area contributed by atoms with Crippen LogP contribution in [0.1, 0.15) is 39.5 Å². The number of rotatable bonds is 8. The fourth-order valence-electron chi connectivity index (χ4n) is 2.68. The van der Waals surface area contributed by atoms with Crippen molar-refractivity contribution >= 4 is 23.8 Å². The summed E-state index contributed by atoms with van der Waals surface area (Å²) in [7, 11) is 0. The molecule has 3 atom stereocenters. The molecule has 0 radical (unpaired) electrons. The maximum Gasteiger partial charge on any atom is 0.326 e. The van der Waals surface area contributed by atoms with E-state index in [0.717, 1.165) is 0 Å². The molecule has 9 nitrogen and oxygen atoms in total. The molecule has 0 aromatic heterocycles. The summed E-state index contributed by atoms with van der Waals surface area (Å²) in [5.74, 6) is -3.48. The van der Waals surface area contributed by atoms with Gasteiger partial charge in [-0.1, -0.05) is 13.8 Å². The van der Waals surface area contributed by atoms with Crippen molar-refractivity contribution in [2.24, 2.45) is 11.7 Å². The van der Waals surface area contributed by atoms with E-state index in [9.17, 15) is 19.2 Å². The second kappa shape index (κ2) is 8.62. The number of carbonyl (C=O) groups is 4. The van der Waals surface area contributed by atoms with Crippen LogP contribution in [0.4, 0.5) is 0 Å². The number of hydrogen-bond acceptors (Lipinski definition) is 5.